The molecule has 0 aromatic heterocycles. The number of carbonyl (C=O) groups excluding carboxylic acids is 2. The van der Waals surface area contributed by atoms with Crippen LogP contribution in [0, 0.1) is 0 Å². The highest BCUT2D eigenvalue weighted by molar-refractivity contribution is 6.02. The first-order valence-corrected chi connectivity index (χ1v) is 10.4. The highest BCUT2D eigenvalue weighted by Crippen LogP contribution is 2.28. The van der Waals surface area contributed by atoms with Gasteiger partial charge in [0, 0.05) is 12.3 Å². The zero-order valence-corrected chi connectivity index (χ0v) is 17.2. The van der Waals surface area contributed by atoms with Gasteiger partial charge in [0.05, 0.1) is 18.7 Å². The maximum absolute atomic E-state index is 12.6. The standard InChI is InChI=1S/C26H24N2O3/c29-25(28-17-16-24(27-28)22-14-8-3-9-15-22)19-31-26(30)18-23(20-10-4-1-5-11-20)21-12-6-2-7-13-21/h1-15,23H,16-19H2. The number of benzene rings is 3. The van der Waals surface area contributed by atoms with Crippen LogP contribution < -0.4 is 0 Å². The number of nitrogens with zero attached hydrogens (tertiary/aromatic N) is 2. The van der Waals surface area contributed by atoms with Crippen LogP contribution in [0.4, 0.5) is 0 Å². The zero-order valence-electron chi connectivity index (χ0n) is 17.2. The molecule has 0 radical (unpaired) electrons. The Morgan fingerprint density at radius 3 is 1.97 bits per heavy atom. The van der Waals surface area contributed by atoms with Crippen molar-refractivity contribution >= 4 is 17.6 Å². The molecule has 0 atom stereocenters. The first-order valence-electron chi connectivity index (χ1n) is 10.4. The molecule has 4 rings (SSSR count). The molecule has 5 heteroatoms. The van der Waals surface area contributed by atoms with Crippen molar-refractivity contribution in [2.24, 2.45) is 5.10 Å². The average Bonchev–Trinajstić information content (AvgIpc) is 3.33. The Morgan fingerprint density at radius 2 is 1.39 bits per heavy atom. The van der Waals surface area contributed by atoms with Gasteiger partial charge in [-0.15, -0.1) is 0 Å². The zero-order chi connectivity index (χ0) is 21.5. The fourth-order valence-electron chi connectivity index (χ4n) is 3.71. The Kier molecular flexibility index (Phi) is 6.53. The molecule has 156 valence electrons. The van der Waals surface area contributed by atoms with Crippen LogP contribution in [-0.2, 0) is 14.3 Å². The third-order valence-electron chi connectivity index (χ3n) is 5.33. The van der Waals surface area contributed by atoms with Crippen LogP contribution >= 0.6 is 0 Å². The van der Waals surface area contributed by atoms with E-state index in [2.05, 4.69) is 5.10 Å². The van der Waals surface area contributed by atoms with Gasteiger partial charge < -0.3 is 4.74 Å². The lowest BCUT2D eigenvalue weighted by atomic mass is 9.89. The monoisotopic (exact) mass is 412 g/mol. The molecule has 1 aliphatic rings. The molecular weight excluding hydrogens is 388 g/mol. The minimum absolute atomic E-state index is 0.125. The Hall–Kier alpha value is -3.73. The highest BCUT2D eigenvalue weighted by atomic mass is 16.5. The fourth-order valence-corrected chi connectivity index (χ4v) is 3.71. The second-order valence-electron chi connectivity index (χ2n) is 7.42. The predicted octanol–water partition coefficient (Wildman–Crippen LogP) is 4.39. The quantitative estimate of drug-likeness (QED) is 0.541. The van der Waals surface area contributed by atoms with Crippen LogP contribution in [0.3, 0.4) is 0 Å². The summed E-state index contributed by atoms with van der Waals surface area (Å²) in [6.45, 7) is 0.192. The minimum atomic E-state index is -0.405. The Balaban J connectivity index is 1.37. The molecule has 31 heavy (non-hydrogen) atoms. The van der Waals surface area contributed by atoms with Crippen LogP contribution in [0.15, 0.2) is 96.1 Å². The summed E-state index contributed by atoms with van der Waals surface area (Å²) in [5.41, 5.74) is 3.94. The SMILES string of the molecule is O=C(CC(c1ccccc1)c1ccccc1)OCC(=O)N1CCC(c2ccccc2)=N1. The van der Waals surface area contributed by atoms with Crippen molar-refractivity contribution in [1.29, 1.82) is 0 Å². The second kappa shape index (κ2) is 9.85. The summed E-state index contributed by atoms with van der Waals surface area (Å²) in [7, 11) is 0. The van der Waals surface area contributed by atoms with Crippen molar-refractivity contribution in [3.63, 3.8) is 0 Å². The molecule has 0 unspecified atom stereocenters. The summed E-state index contributed by atoms with van der Waals surface area (Å²) in [6, 6.07) is 29.5. The van der Waals surface area contributed by atoms with E-state index in [0.29, 0.717) is 13.0 Å². The maximum atomic E-state index is 12.6. The molecule has 0 N–H and O–H groups in total. The molecule has 0 bridgehead atoms. The highest BCUT2D eigenvalue weighted by Gasteiger charge is 2.24. The molecule has 0 saturated carbocycles. The third kappa shape index (κ3) is 5.25. The number of hydrogen-bond donors (Lipinski definition) is 0. The van der Waals surface area contributed by atoms with E-state index >= 15 is 0 Å². The Bertz CT molecular complexity index is 1010. The van der Waals surface area contributed by atoms with Gasteiger partial charge in [0.2, 0.25) is 0 Å². The lowest BCUT2D eigenvalue weighted by Crippen LogP contribution is -2.29. The Labute approximate surface area is 182 Å². The van der Waals surface area contributed by atoms with Crippen molar-refractivity contribution in [2.75, 3.05) is 13.2 Å². The van der Waals surface area contributed by atoms with Gasteiger partial charge >= 0.3 is 5.97 Å². The van der Waals surface area contributed by atoms with E-state index in [1.807, 2.05) is 91.0 Å². The van der Waals surface area contributed by atoms with Crippen molar-refractivity contribution in [1.82, 2.24) is 5.01 Å². The van der Waals surface area contributed by atoms with Gasteiger partial charge in [-0.2, -0.15) is 5.10 Å². The van der Waals surface area contributed by atoms with Crippen LogP contribution in [0.25, 0.3) is 0 Å². The summed E-state index contributed by atoms with van der Waals surface area (Å²) < 4.78 is 5.33. The van der Waals surface area contributed by atoms with E-state index in [-0.39, 0.29) is 24.9 Å². The molecule has 0 saturated heterocycles. The van der Waals surface area contributed by atoms with Gasteiger partial charge in [-0.05, 0) is 16.7 Å². The maximum Gasteiger partial charge on any atom is 0.307 e. The molecule has 0 fully saturated rings. The molecule has 1 aliphatic heterocycles. The molecule has 0 aliphatic carbocycles. The van der Waals surface area contributed by atoms with Crippen molar-refractivity contribution in [3.05, 3.63) is 108 Å². The first-order chi connectivity index (χ1) is 15.2. The van der Waals surface area contributed by atoms with Crippen molar-refractivity contribution in [3.8, 4) is 0 Å². The lowest BCUT2D eigenvalue weighted by molar-refractivity contribution is -0.152. The molecule has 0 spiro atoms. The van der Waals surface area contributed by atoms with Gasteiger partial charge in [-0.1, -0.05) is 91.0 Å². The summed E-state index contributed by atoms with van der Waals surface area (Å²) >= 11 is 0. The van der Waals surface area contributed by atoms with Gasteiger partial charge in [0.25, 0.3) is 5.91 Å². The van der Waals surface area contributed by atoms with E-state index in [4.69, 9.17) is 4.74 Å². The van der Waals surface area contributed by atoms with Gasteiger partial charge in [0.1, 0.15) is 0 Å². The van der Waals surface area contributed by atoms with E-state index in [9.17, 15) is 9.59 Å². The molecule has 1 amide bonds. The third-order valence-corrected chi connectivity index (χ3v) is 5.33. The number of carbonyl (C=O) groups is 2. The normalized spacial score (nSPS) is 13.2. The number of ether oxygens (including phenoxy) is 1. The number of rotatable bonds is 7. The summed E-state index contributed by atoms with van der Waals surface area (Å²) in [5.74, 6) is -0.840. The molecule has 3 aromatic carbocycles. The van der Waals surface area contributed by atoms with E-state index in [1.54, 1.807) is 0 Å². The molecule has 5 nitrogen and oxygen atoms in total. The van der Waals surface area contributed by atoms with E-state index in [1.165, 1.54) is 5.01 Å². The molecule has 3 aromatic rings. The van der Waals surface area contributed by atoms with Crippen LogP contribution in [0.1, 0.15) is 35.4 Å². The summed E-state index contributed by atoms with van der Waals surface area (Å²) in [6.07, 6.45) is 0.855. The van der Waals surface area contributed by atoms with Crippen molar-refractivity contribution in [2.45, 2.75) is 18.8 Å². The van der Waals surface area contributed by atoms with Crippen molar-refractivity contribution < 1.29 is 14.3 Å². The second-order valence-corrected chi connectivity index (χ2v) is 7.42. The number of esters is 1. The van der Waals surface area contributed by atoms with Crippen LogP contribution in [0.2, 0.25) is 0 Å². The van der Waals surface area contributed by atoms with Gasteiger partial charge in [-0.25, -0.2) is 5.01 Å². The van der Waals surface area contributed by atoms with E-state index < -0.39 is 5.97 Å². The predicted molar refractivity (Wildman–Crippen MR) is 120 cm³/mol. The molecule has 1 heterocycles. The fraction of sp³-hybridized carbons (Fsp3) is 0.192. The number of hydrogen-bond acceptors (Lipinski definition) is 4. The Morgan fingerprint density at radius 1 is 0.839 bits per heavy atom. The topological polar surface area (TPSA) is 59.0 Å². The summed E-state index contributed by atoms with van der Waals surface area (Å²) in [5, 5.41) is 5.79. The smallest absolute Gasteiger partial charge is 0.307 e. The molecular formula is C26H24N2O3. The van der Waals surface area contributed by atoms with E-state index in [0.717, 1.165) is 22.4 Å². The lowest BCUT2D eigenvalue weighted by Gasteiger charge is -2.18. The largest absolute Gasteiger partial charge is 0.455 e. The van der Waals surface area contributed by atoms with Crippen LogP contribution in [0.5, 0.6) is 0 Å². The number of amides is 1. The van der Waals surface area contributed by atoms with Gasteiger partial charge in [-0.3, -0.25) is 9.59 Å². The summed E-state index contributed by atoms with van der Waals surface area (Å²) in [4.78, 5) is 25.1. The minimum Gasteiger partial charge on any atom is -0.455 e. The number of hydrazone groups is 1. The van der Waals surface area contributed by atoms with Gasteiger partial charge in [0.15, 0.2) is 6.61 Å². The average molecular weight is 412 g/mol. The van der Waals surface area contributed by atoms with Crippen LogP contribution in [-0.4, -0.2) is 35.7 Å². The first kappa shape index (κ1) is 20.5.